The number of ether oxygens (including phenoxy) is 1. The van der Waals surface area contributed by atoms with Crippen molar-refractivity contribution in [1.82, 2.24) is 4.98 Å². The van der Waals surface area contributed by atoms with E-state index in [1.54, 1.807) is 0 Å². The monoisotopic (exact) mass is 325 g/mol. The van der Waals surface area contributed by atoms with Crippen molar-refractivity contribution in [2.24, 2.45) is 0 Å². The second kappa shape index (κ2) is 5.33. The van der Waals surface area contributed by atoms with Crippen molar-refractivity contribution in [1.29, 1.82) is 0 Å². The third-order valence-electron chi connectivity index (χ3n) is 3.89. The fourth-order valence-corrected chi connectivity index (χ4v) is 2.38. The number of hydrogen-bond donors (Lipinski definition) is 0. The van der Waals surface area contributed by atoms with Gasteiger partial charge >= 0.3 is 6.18 Å². The number of benzene rings is 1. The standard InChI is InChI=1S/C16H11F4NO2/c17-12-7-11(15(5-6-15)16(18,19)20)2-3-13(12)23-14-4-1-10(9-22)8-21-14/h1-4,7-9H,5-6H2. The average Bonchev–Trinajstić information content (AvgIpc) is 3.31. The van der Waals surface area contributed by atoms with E-state index >= 15 is 0 Å². The van der Waals surface area contributed by atoms with Gasteiger partial charge in [-0.15, -0.1) is 0 Å². The fraction of sp³-hybridized carbons (Fsp3) is 0.250. The maximum atomic E-state index is 14.1. The Hall–Kier alpha value is -2.44. The van der Waals surface area contributed by atoms with Crippen LogP contribution in [0.5, 0.6) is 11.6 Å². The molecule has 0 atom stereocenters. The first-order chi connectivity index (χ1) is 10.9. The van der Waals surface area contributed by atoms with Gasteiger partial charge in [0.1, 0.15) is 0 Å². The number of alkyl halides is 3. The zero-order valence-corrected chi connectivity index (χ0v) is 11.7. The molecule has 7 heteroatoms. The lowest BCUT2D eigenvalue weighted by Gasteiger charge is -2.20. The molecule has 3 nitrogen and oxygen atoms in total. The molecular formula is C16H11F4NO2. The molecule has 1 heterocycles. The van der Waals surface area contributed by atoms with E-state index in [4.69, 9.17) is 4.74 Å². The van der Waals surface area contributed by atoms with E-state index in [1.807, 2.05) is 0 Å². The van der Waals surface area contributed by atoms with E-state index in [0.717, 1.165) is 12.1 Å². The Morgan fingerprint density at radius 1 is 1.17 bits per heavy atom. The molecule has 23 heavy (non-hydrogen) atoms. The van der Waals surface area contributed by atoms with Gasteiger partial charge in [0.2, 0.25) is 5.88 Å². The van der Waals surface area contributed by atoms with Gasteiger partial charge in [0, 0.05) is 17.8 Å². The zero-order chi connectivity index (χ0) is 16.7. The molecule has 1 fully saturated rings. The molecule has 1 aromatic heterocycles. The molecule has 1 aliphatic rings. The number of hydrogen-bond acceptors (Lipinski definition) is 3. The van der Waals surface area contributed by atoms with E-state index in [9.17, 15) is 22.4 Å². The highest BCUT2D eigenvalue weighted by Crippen LogP contribution is 2.59. The van der Waals surface area contributed by atoms with Gasteiger partial charge in [-0.1, -0.05) is 6.07 Å². The van der Waals surface area contributed by atoms with E-state index < -0.39 is 17.4 Å². The lowest BCUT2D eigenvalue weighted by Crippen LogP contribution is -2.28. The average molecular weight is 325 g/mol. The van der Waals surface area contributed by atoms with Gasteiger partial charge in [0.15, 0.2) is 17.9 Å². The number of nitrogens with zero attached hydrogens (tertiary/aromatic N) is 1. The number of carbonyl (C=O) groups excluding carboxylic acids is 1. The van der Waals surface area contributed by atoms with Gasteiger partial charge in [0.25, 0.3) is 0 Å². The molecule has 2 aromatic rings. The smallest absolute Gasteiger partial charge is 0.398 e. The van der Waals surface area contributed by atoms with Gasteiger partial charge in [-0.05, 0) is 36.6 Å². The van der Waals surface area contributed by atoms with Crippen LogP contribution < -0.4 is 4.74 Å². The molecule has 1 saturated carbocycles. The van der Waals surface area contributed by atoms with Crippen LogP contribution in [0.4, 0.5) is 17.6 Å². The molecular weight excluding hydrogens is 314 g/mol. The minimum absolute atomic E-state index is 0.0368. The summed E-state index contributed by atoms with van der Waals surface area (Å²) in [6.45, 7) is 0. The maximum absolute atomic E-state index is 14.1. The molecule has 3 rings (SSSR count). The molecule has 0 amide bonds. The molecule has 0 aliphatic heterocycles. The summed E-state index contributed by atoms with van der Waals surface area (Å²) in [5.41, 5.74) is -1.70. The van der Waals surface area contributed by atoms with Crippen LogP contribution in [0.25, 0.3) is 0 Å². The largest absolute Gasteiger partial charge is 0.436 e. The molecule has 0 unspecified atom stereocenters. The van der Waals surface area contributed by atoms with Gasteiger partial charge in [0.05, 0.1) is 5.41 Å². The molecule has 1 aromatic carbocycles. The van der Waals surface area contributed by atoms with Crippen LogP contribution in [-0.4, -0.2) is 17.4 Å². The van der Waals surface area contributed by atoms with E-state index in [0.29, 0.717) is 11.8 Å². The predicted molar refractivity (Wildman–Crippen MR) is 73.1 cm³/mol. The molecule has 120 valence electrons. The molecule has 0 N–H and O–H groups in total. The highest BCUT2D eigenvalue weighted by atomic mass is 19.4. The highest BCUT2D eigenvalue weighted by molar-refractivity contribution is 5.74. The van der Waals surface area contributed by atoms with E-state index in [2.05, 4.69) is 4.98 Å². The van der Waals surface area contributed by atoms with Crippen molar-refractivity contribution in [3.63, 3.8) is 0 Å². The normalized spacial score (nSPS) is 16.0. The summed E-state index contributed by atoms with van der Waals surface area (Å²) in [7, 11) is 0. The quantitative estimate of drug-likeness (QED) is 0.617. The number of pyridine rings is 1. The molecule has 1 aliphatic carbocycles. The van der Waals surface area contributed by atoms with Crippen LogP contribution in [0, 0.1) is 5.82 Å². The van der Waals surface area contributed by atoms with Crippen molar-refractivity contribution >= 4 is 6.29 Å². The van der Waals surface area contributed by atoms with Crippen LogP contribution >= 0.6 is 0 Å². The Labute approximate surface area is 128 Å². The third kappa shape index (κ3) is 2.78. The van der Waals surface area contributed by atoms with Crippen LogP contribution in [0.15, 0.2) is 36.5 Å². The molecule has 0 spiro atoms. The minimum atomic E-state index is -4.39. The van der Waals surface area contributed by atoms with Gasteiger partial charge in [-0.25, -0.2) is 9.37 Å². The first-order valence-corrected chi connectivity index (χ1v) is 6.81. The second-order valence-electron chi connectivity index (χ2n) is 5.37. The summed E-state index contributed by atoms with van der Waals surface area (Å²) in [6.07, 6.45) is -2.63. The SMILES string of the molecule is O=Cc1ccc(Oc2ccc(C3(C(F)(F)F)CC3)cc2F)nc1. The van der Waals surface area contributed by atoms with Crippen LogP contribution in [0.2, 0.25) is 0 Å². The van der Waals surface area contributed by atoms with Crippen LogP contribution in [0.1, 0.15) is 28.8 Å². The fourth-order valence-electron chi connectivity index (χ4n) is 2.38. The molecule has 0 saturated heterocycles. The Morgan fingerprint density at radius 3 is 2.39 bits per heavy atom. The number of carbonyl (C=O) groups is 1. The summed E-state index contributed by atoms with van der Waals surface area (Å²) in [5.74, 6) is -1.07. The summed E-state index contributed by atoms with van der Waals surface area (Å²) in [5, 5.41) is 0. The summed E-state index contributed by atoms with van der Waals surface area (Å²) >= 11 is 0. The van der Waals surface area contributed by atoms with Gasteiger partial charge in [-0.3, -0.25) is 4.79 Å². The van der Waals surface area contributed by atoms with E-state index in [1.165, 1.54) is 24.4 Å². The third-order valence-corrected chi connectivity index (χ3v) is 3.89. The summed E-state index contributed by atoms with van der Waals surface area (Å²) in [6, 6.07) is 6.04. The van der Waals surface area contributed by atoms with Crippen LogP contribution in [0.3, 0.4) is 0 Å². The zero-order valence-electron chi connectivity index (χ0n) is 11.7. The van der Waals surface area contributed by atoms with Crippen molar-refractivity contribution in [2.45, 2.75) is 24.4 Å². The first kappa shape index (κ1) is 15.5. The summed E-state index contributed by atoms with van der Waals surface area (Å²) in [4.78, 5) is 14.3. The van der Waals surface area contributed by atoms with Crippen molar-refractivity contribution in [3.8, 4) is 11.6 Å². The minimum Gasteiger partial charge on any atom is -0.436 e. The van der Waals surface area contributed by atoms with Gasteiger partial charge < -0.3 is 4.74 Å². The highest BCUT2D eigenvalue weighted by Gasteiger charge is 2.64. The number of aldehydes is 1. The first-order valence-electron chi connectivity index (χ1n) is 6.81. The van der Waals surface area contributed by atoms with Crippen molar-refractivity contribution in [3.05, 3.63) is 53.5 Å². The topological polar surface area (TPSA) is 39.2 Å². The molecule has 0 bridgehead atoms. The lowest BCUT2D eigenvalue weighted by molar-refractivity contribution is -0.160. The predicted octanol–water partition coefficient (Wildman–Crippen LogP) is 4.42. The van der Waals surface area contributed by atoms with Crippen LogP contribution in [-0.2, 0) is 5.41 Å². The van der Waals surface area contributed by atoms with Crippen molar-refractivity contribution < 1.29 is 27.1 Å². The number of aromatic nitrogens is 1. The Kier molecular flexibility index (Phi) is 3.58. The van der Waals surface area contributed by atoms with E-state index in [-0.39, 0.29) is 30.0 Å². The summed E-state index contributed by atoms with van der Waals surface area (Å²) < 4.78 is 58.4. The Morgan fingerprint density at radius 2 is 1.91 bits per heavy atom. The maximum Gasteiger partial charge on any atom is 0.398 e. The Balaban J connectivity index is 1.84. The lowest BCUT2D eigenvalue weighted by atomic mass is 9.95. The number of halogens is 4. The van der Waals surface area contributed by atoms with Gasteiger partial charge in [-0.2, -0.15) is 13.2 Å². The molecule has 0 radical (unpaired) electrons. The van der Waals surface area contributed by atoms with Crippen molar-refractivity contribution in [2.75, 3.05) is 0 Å². The second-order valence-corrected chi connectivity index (χ2v) is 5.37. The Bertz CT molecular complexity index is 737. The number of rotatable bonds is 4.